The lowest BCUT2D eigenvalue weighted by Crippen LogP contribution is -2.31. The molecule has 1 aromatic carbocycles. The first-order chi connectivity index (χ1) is 13.8. The lowest BCUT2D eigenvalue weighted by molar-refractivity contribution is -0.129. The van der Waals surface area contributed by atoms with Gasteiger partial charge in [-0.15, -0.1) is 10.2 Å². The van der Waals surface area contributed by atoms with Crippen molar-refractivity contribution in [1.82, 2.24) is 19.7 Å². The molecular weight excluding hydrogens is 396 g/mol. The minimum atomic E-state index is -3.72. The van der Waals surface area contributed by atoms with E-state index >= 15 is 0 Å². The zero-order valence-corrected chi connectivity index (χ0v) is 17.1. The van der Waals surface area contributed by atoms with E-state index in [1.165, 1.54) is 4.57 Å². The molecule has 0 saturated carbocycles. The molecule has 2 heterocycles. The Hall–Kier alpha value is -2.81. The Kier molecular flexibility index (Phi) is 6.26. The Bertz CT molecular complexity index is 974. The number of pyridine rings is 1. The lowest BCUT2D eigenvalue weighted by atomic mass is 10.0. The van der Waals surface area contributed by atoms with Crippen LogP contribution in [0.3, 0.4) is 0 Å². The number of benzene rings is 1. The van der Waals surface area contributed by atoms with Crippen LogP contribution in [0.4, 0.5) is 14.5 Å². The number of amides is 1. The summed E-state index contributed by atoms with van der Waals surface area (Å²) in [5.74, 6) is -0.730. The number of aromatic nitrogens is 4. The zero-order valence-electron chi connectivity index (χ0n) is 16.3. The number of hydrogen-bond acceptors (Lipinski definition) is 5. The summed E-state index contributed by atoms with van der Waals surface area (Å²) >= 11 is 0.0642. The molecule has 0 radical (unpaired) electrons. The molecule has 0 aliphatic rings. The number of hydrogen-bond donors (Lipinski definition) is 1. The highest BCUT2D eigenvalue weighted by Gasteiger charge is 2.42. The van der Waals surface area contributed by atoms with Crippen molar-refractivity contribution in [2.24, 2.45) is 0 Å². The van der Waals surface area contributed by atoms with Crippen LogP contribution >= 0.6 is 11.8 Å². The van der Waals surface area contributed by atoms with Crippen LogP contribution in [0.15, 0.2) is 53.8 Å². The normalized spacial score (nSPS) is 11.7. The van der Waals surface area contributed by atoms with Gasteiger partial charge in [0, 0.05) is 18.4 Å². The van der Waals surface area contributed by atoms with Gasteiger partial charge in [-0.25, -0.2) is 0 Å². The number of anilines is 1. The SMILES string of the molecule is CCn1c(SC(F)(F)C(=O)Nc2ccc(C(C)C)cc2)nnc1-c1ccccn1. The van der Waals surface area contributed by atoms with Crippen molar-refractivity contribution in [1.29, 1.82) is 0 Å². The van der Waals surface area contributed by atoms with Crippen molar-refractivity contribution in [2.75, 3.05) is 5.32 Å². The number of carbonyl (C=O) groups is 1. The van der Waals surface area contributed by atoms with E-state index in [9.17, 15) is 13.6 Å². The van der Waals surface area contributed by atoms with E-state index in [-0.39, 0.29) is 16.9 Å². The number of carbonyl (C=O) groups excluding carboxylic acids is 1. The van der Waals surface area contributed by atoms with Crippen LogP contribution in [0.25, 0.3) is 11.5 Å². The topological polar surface area (TPSA) is 72.7 Å². The molecule has 0 aliphatic carbocycles. The van der Waals surface area contributed by atoms with E-state index in [2.05, 4.69) is 20.5 Å². The molecule has 0 bridgehead atoms. The van der Waals surface area contributed by atoms with Gasteiger partial charge in [-0.1, -0.05) is 32.0 Å². The number of thioether (sulfide) groups is 1. The number of nitrogens with zero attached hydrogens (tertiary/aromatic N) is 4. The molecule has 0 saturated heterocycles. The predicted octanol–water partition coefficient (Wildman–Crippen LogP) is 4.81. The first-order valence-corrected chi connectivity index (χ1v) is 9.96. The molecule has 0 fully saturated rings. The quantitative estimate of drug-likeness (QED) is 0.559. The molecular formula is C20H21F2N5OS. The van der Waals surface area contributed by atoms with E-state index in [0.29, 0.717) is 29.7 Å². The Morgan fingerprint density at radius 1 is 1.17 bits per heavy atom. The van der Waals surface area contributed by atoms with Gasteiger partial charge in [-0.2, -0.15) is 8.78 Å². The number of halogens is 2. The second-order valence-electron chi connectivity index (χ2n) is 6.62. The lowest BCUT2D eigenvalue weighted by Gasteiger charge is -2.16. The maximum absolute atomic E-state index is 14.6. The second-order valence-corrected chi connectivity index (χ2v) is 7.70. The number of rotatable bonds is 7. The molecule has 29 heavy (non-hydrogen) atoms. The number of alkyl halides is 2. The van der Waals surface area contributed by atoms with Crippen LogP contribution in [0.5, 0.6) is 0 Å². The first kappa shape index (κ1) is 20.9. The van der Waals surface area contributed by atoms with Crippen molar-refractivity contribution in [3.8, 4) is 11.5 Å². The summed E-state index contributed by atoms with van der Waals surface area (Å²) in [4.78, 5) is 16.4. The third-order valence-electron chi connectivity index (χ3n) is 4.25. The summed E-state index contributed by atoms with van der Waals surface area (Å²) in [6.45, 7) is 6.20. The van der Waals surface area contributed by atoms with Crippen LogP contribution in [-0.4, -0.2) is 30.9 Å². The average molecular weight is 417 g/mol. The highest BCUT2D eigenvalue weighted by molar-refractivity contribution is 8.00. The molecule has 0 aliphatic heterocycles. The van der Waals surface area contributed by atoms with Crippen LogP contribution in [-0.2, 0) is 11.3 Å². The summed E-state index contributed by atoms with van der Waals surface area (Å²) in [6.07, 6.45) is 1.59. The molecule has 1 amide bonds. The van der Waals surface area contributed by atoms with Gasteiger partial charge in [-0.05, 0) is 54.4 Å². The van der Waals surface area contributed by atoms with Gasteiger partial charge in [0.15, 0.2) is 11.0 Å². The highest BCUT2D eigenvalue weighted by atomic mass is 32.2. The average Bonchev–Trinajstić information content (AvgIpc) is 3.10. The molecule has 1 N–H and O–H groups in total. The van der Waals surface area contributed by atoms with E-state index < -0.39 is 11.2 Å². The summed E-state index contributed by atoms with van der Waals surface area (Å²) < 4.78 is 30.7. The maximum atomic E-state index is 14.6. The second kappa shape index (κ2) is 8.69. The van der Waals surface area contributed by atoms with Gasteiger partial charge in [0.2, 0.25) is 0 Å². The van der Waals surface area contributed by atoms with Gasteiger partial charge in [0.1, 0.15) is 5.69 Å². The van der Waals surface area contributed by atoms with Crippen LogP contribution in [0, 0.1) is 0 Å². The highest BCUT2D eigenvalue weighted by Crippen LogP contribution is 2.37. The minimum absolute atomic E-state index is 0.0524. The van der Waals surface area contributed by atoms with Gasteiger partial charge in [0.05, 0.1) is 0 Å². The van der Waals surface area contributed by atoms with Crippen molar-refractivity contribution in [2.45, 2.75) is 43.6 Å². The standard InChI is InChI=1S/C20H21F2N5OS/c1-4-27-17(16-7-5-6-12-23-16)25-26-19(27)29-20(21,22)18(28)24-15-10-8-14(9-11-15)13(2)3/h5-13H,4H2,1-3H3,(H,24,28). The Balaban J connectivity index is 1.76. The summed E-state index contributed by atoms with van der Waals surface area (Å²) in [6, 6.07) is 12.1. The van der Waals surface area contributed by atoms with Crippen molar-refractivity contribution in [3.63, 3.8) is 0 Å². The van der Waals surface area contributed by atoms with Gasteiger partial charge >= 0.3 is 11.2 Å². The molecule has 0 unspecified atom stereocenters. The fourth-order valence-corrected chi connectivity index (χ4v) is 3.43. The molecule has 9 heteroatoms. The summed E-state index contributed by atoms with van der Waals surface area (Å²) in [5, 5.41) is 6.31. The van der Waals surface area contributed by atoms with Gasteiger partial charge < -0.3 is 9.88 Å². The van der Waals surface area contributed by atoms with E-state index in [4.69, 9.17) is 0 Å². The van der Waals surface area contributed by atoms with Gasteiger partial charge in [-0.3, -0.25) is 9.78 Å². The molecule has 6 nitrogen and oxygen atoms in total. The van der Waals surface area contributed by atoms with Crippen molar-refractivity contribution < 1.29 is 13.6 Å². The minimum Gasteiger partial charge on any atom is -0.320 e. The molecule has 152 valence electrons. The first-order valence-electron chi connectivity index (χ1n) is 9.14. The van der Waals surface area contributed by atoms with Crippen LogP contribution in [0.2, 0.25) is 0 Å². The molecule has 2 aromatic heterocycles. The monoisotopic (exact) mass is 417 g/mol. The number of nitrogens with one attached hydrogen (secondary N) is 1. The molecule has 3 rings (SSSR count). The summed E-state index contributed by atoms with van der Waals surface area (Å²) in [7, 11) is 0. The largest absolute Gasteiger partial charge is 0.378 e. The van der Waals surface area contributed by atoms with Crippen LogP contribution < -0.4 is 5.32 Å². The smallest absolute Gasteiger partial charge is 0.320 e. The molecule has 0 atom stereocenters. The Morgan fingerprint density at radius 2 is 1.90 bits per heavy atom. The Labute approximate surface area is 171 Å². The third kappa shape index (κ3) is 4.79. The maximum Gasteiger partial charge on any atom is 0.378 e. The third-order valence-corrected chi connectivity index (χ3v) is 5.17. The fourth-order valence-electron chi connectivity index (χ4n) is 2.65. The van der Waals surface area contributed by atoms with Crippen molar-refractivity contribution >= 4 is 23.4 Å². The van der Waals surface area contributed by atoms with E-state index in [0.717, 1.165) is 5.56 Å². The van der Waals surface area contributed by atoms with E-state index in [1.807, 2.05) is 13.8 Å². The Morgan fingerprint density at radius 3 is 2.48 bits per heavy atom. The fraction of sp³-hybridized carbons (Fsp3) is 0.300. The van der Waals surface area contributed by atoms with Crippen LogP contribution in [0.1, 0.15) is 32.3 Å². The zero-order chi connectivity index (χ0) is 21.0. The summed E-state index contributed by atoms with van der Waals surface area (Å²) in [5.41, 5.74) is 1.89. The van der Waals surface area contributed by atoms with Gasteiger partial charge in [0.25, 0.3) is 0 Å². The molecule has 3 aromatic rings. The van der Waals surface area contributed by atoms with E-state index in [1.54, 1.807) is 55.6 Å². The molecule has 0 spiro atoms. The predicted molar refractivity (Wildman–Crippen MR) is 109 cm³/mol. The van der Waals surface area contributed by atoms with Crippen molar-refractivity contribution in [3.05, 3.63) is 54.2 Å².